The fraction of sp³-hybridized carbons (Fsp3) is 0.400. The molecule has 4 heterocycles. The van der Waals surface area contributed by atoms with Crippen molar-refractivity contribution < 1.29 is 14.3 Å². The highest BCUT2D eigenvalue weighted by Crippen LogP contribution is 2.33. The fourth-order valence-electron chi connectivity index (χ4n) is 3.93. The second-order valence-electron chi connectivity index (χ2n) is 7.35. The summed E-state index contributed by atoms with van der Waals surface area (Å²) < 4.78 is 7.06. The van der Waals surface area contributed by atoms with Crippen molar-refractivity contribution in [3.8, 4) is 5.69 Å². The lowest BCUT2D eigenvalue weighted by molar-refractivity contribution is -0.133. The van der Waals surface area contributed by atoms with E-state index in [1.807, 2.05) is 31.2 Å². The van der Waals surface area contributed by atoms with Gasteiger partial charge in [-0.2, -0.15) is 5.10 Å². The van der Waals surface area contributed by atoms with Gasteiger partial charge in [-0.15, -0.1) is 0 Å². The molecule has 2 aromatic rings. The van der Waals surface area contributed by atoms with E-state index in [0.717, 1.165) is 16.8 Å². The predicted molar refractivity (Wildman–Crippen MR) is 107 cm³/mol. The van der Waals surface area contributed by atoms with Gasteiger partial charge in [-0.05, 0) is 19.1 Å². The number of ether oxygens (including phenoxy) is 1. The fourth-order valence-corrected chi connectivity index (χ4v) is 3.93. The summed E-state index contributed by atoms with van der Waals surface area (Å²) in [7, 11) is 0. The van der Waals surface area contributed by atoms with E-state index in [9.17, 15) is 9.59 Å². The Balaban J connectivity index is 1.55. The molecule has 1 saturated heterocycles. The van der Waals surface area contributed by atoms with Crippen LogP contribution >= 0.6 is 0 Å². The standard InChI is InChI=1S/C20H22N6O3/c1-14-2-4-15(5-3-14)26-19-16(12-22-26)18-21-6-7-24(18)20(28)25(19)13-17(27)23-8-10-29-11-9-23/h2-5,12H,6-11,13H2,1H3. The second kappa shape index (κ2) is 7.00. The van der Waals surface area contributed by atoms with Crippen molar-refractivity contribution in [2.24, 2.45) is 4.99 Å². The normalized spacial score (nSPS) is 18.6. The molecule has 1 fully saturated rings. The summed E-state index contributed by atoms with van der Waals surface area (Å²) in [5.41, 5.74) is 2.74. The number of morpholine rings is 1. The van der Waals surface area contributed by atoms with E-state index in [-0.39, 0.29) is 18.5 Å². The monoisotopic (exact) mass is 394 g/mol. The van der Waals surface area contributed by atoms with Crippen LogP contribution in [0, 0.1) is 6.92 Å². The van der Waals surface area contributed by atoms with Crippen molar-refractivity contribution in [3.63, 3.8) is 0 Å². The highest BCUT2D eigenvalue weighted by Gasteiger charge is 2.41. The highest BCUT2D eigenvalue weighted by molar-refractivity contribution is 6.20. The van der Waals surface area contributed by atoms with Crippen LogP contribution < -0.4 is 4.90 Å². The van der Waals surface area contributed by atoms with E-state index < -0.39 is 0 Å². The van der Waals surface area contributed by atoms with Gasteiger partial charge in [0.1, 0.15) is 12.4 Å². The van der Waals surface area contributed by atoms with Crippen LogP contribution in [-0.4, -0.2) is 83.3 Å². The molecule has 1 aromatic carbocycles. The van der Waals surface area contributed by atoms with Crippen LogP contribution in [0.3, 0.4) is 0 Å². The maximum Gasteiger partial charge on any atom is 0.331 e. The second-order valence-corrected chi connectivity index (χ2v) is 7.35. The van der Waals surface area contributed by atoms with Crippen LogP contribution in [0.1, 0.15) is 11.1 Å². The average molecular weight is 394 g/mol. The van der Waals surface area contributed by atoms with Crippen molar-refractivity contribution in [1.82, 2.24) is 19.6 Å². The zero-order chi connectivity index (χ0) is 20.0. The number of benzene rings is 1. The van der Waals surface area contributed by atoms with Crippen molar-refractivity contribution in [2.75, 3.05) is 50.8 Å². The summed E-state index contributed by atoms with van der Waals surface area (Å²) in [4.78, 5) is 35.6. The molecule has 0 aliphatic carbocycles. The number of carbonyl (C=O) groups excluding carboxylic acids is 2. The third kappa shape index (κ3) is 2.98. The lowest BCUT2D eigenvalue weighted by atomic mass is 10.2. The Morgan fingerprint density at radius 2 is 1.90 bits per heavy atom. The van der Waals surface area contributed by atoms with Gasteiger partial charge in [-0.3, -0.25) is 19.6 Å². The SMILES string of the molecule is Cc1ccc(-n2ncc3c2N(CC(=O)N2CCOCC2)C(=O)N2CCN=C32)cc1. The number of rotatable bonds is 3. The molecular formula is C20H22N6O3. The first-order valence-electron chi connectivity index (χ1n) is 9.78. The number of hydrogen-bond donors (Lipinski definition) is 0. The Hall–Kier alpha value is -3.20. The van der Waals surface area contributed by atoms with Crippen LogP contribution in [-0.2, 0) is 9.53 Å². The molecular weight excluding hydrogens is 372 g/mol. The Morgan fingerprint density at radius 1 is 1.14 bits per heavy atom. The topological polar surface area (TPSA) is 83.3 Å². The van der Waals surface area contributed by atoms with Crippen LogP contribution in [0.25, 0.3) is 5.69 Å². The van der Waals surface area contributed by atoms with Gasteiger partial charge in [0.2, 0.25) is 5.91 Å². The van der Waals surface area contributed by atoms with Gasteiger partial charge in [0.15, 0.2) is 5.82 Å². The number of amides is 3. The number of nitrogens with zero attached hydrogens (tertiary/aromatic N) is 6. The zero-order valence-electron chi connectivity index (χ0n) is 16.2. The molecule has 0 atom stereocenters. The van der Waals surface area contributed by atoms with Crippen LogP contribution in [0.4, 0.5) is 10.6 Å². The molecule has 9 heteroatoms. The minimum absolute atomic E-state index is 0.0346. The number of amidine groups is 1. The number of aryl methyl sites for hydroxylation is 1. The van der Waals surface area contributed by atoms with Crippen molar-refractivity contribution in [1.29, 1.82) is 0 Å². The number of aromatic nitrogens is 2. The lowest BCUT2D eigenvalue weighted by Gasteiger charge is -2.35. The van der Waals surface area contributed by atoms with Gasteiger partial charge >= 0.3 is 6.03 Å². The Kier molecular flexibility index (Phi) is 4.31. The van der Waals surface area contributed by atoms with Gasteiger partial charge in [-0.25, -0.2) is 9.48 Å². The first-order chi connectivity index (χ1) is 14.1. The molecule has 3 amide bonds. The maximum atomic E-state index is 13.3. The molecule has 5 rings (SSSR count). The van der Waals surface area contributed by atoms with Crippen LogP contribution in [0.2, 0.25) is 0 Å². The molecule has 3 aliphatic rings. The first kappa shape index (κ1) is 17.9. The summed E-state index contributed by atoms with van der Waals surface area (Å²) in [6, 6.07) is 7.67. The van der Waals surface area contributed by atoms with Gasteiger partial charge in [-0.1, -0.05) is 17.7 Å². The molecule has 0 saturated carbocycles. The minimum atomic E-state index is -0.232. The van der Waals surface area contributed by atoms with Crippen molar-refractivity contribution >= 4 is 23.6 Å². The molecule has 0 spiro atoms. The smallest absolute Gasteiger partial charge is 0.331 e. The first-order valence-corrected chi connectivity index (χ1v) is 9.78. The van der Waals surface area contributed by atoms with E-state index in [4.69, 9.17) is 4.74 Å². The third-order valence-electron chi connectivity index (χ3n) is 5.48. The Labute approximate surface area is 168 Å². The number of anilines is 1. The Bertz CT molecular complexity index is 990. The van der Waals surface area contributed by atoms with Crippen LogP contribution in [0.15, 0.2) is 35.5 Å². The minimum Gasteiger partial charge on any atom is -0.378 e. The largest absolute Gasteiger partial charge is 0.378 e. The number of fused-ring (bicyclic) bond motifs is 3. The summed E-state index contributed by atoms with van der Waals surface area (Å²) in [6.45, 7) is 5.19. The molecule has 0 radical (unpaired) electrons. The Morgan fingerprint density at radius 3 is 2.66 bits per heavy atom. The van der Waals surface area contributed by atoms with E-state index in [1.165, 1.54) is 4.90 Å². The number of urea groups is 1. The molecule has 29 heavy (non-hydrogen) atoms. The summed E-state index contributed by atoms with van der Waals surface area (Å²) in [5.74, 6) is 1.14. The molecule has 0 bridgehead atoms. The molecule has 0 N–H and O–H groups in total. The summed E-state index contributed by atoms with van der Waals surface area (Å²) in [6.07, 6.45) is 1.73. The van der Waals surface area contributed by atoms with Gasteiger partial charge in [0, 0.05) is 19.6 Å². The summed E-state index contributed by atoms with van der Waals surface area (Å²) >= 11 is 0. The predicted octanol–water partition coefficient (Wildman–Crippen LogP) is 1.04. The quantitative estimate of drug-likeness (QED) is 0.779. The van der Waals surface area contributed by atoms with E-state index in [0.29, 0.717) is 51.0 Å². The van der Waals surface area contributed by atoms with Crippen molar-refractivity contribution in [3.05, 3.63) is 41.6 Å². The van der Waals surface area contributed by atoms with Crippen molar-refractivity contribution in [2.45, 2.75) is 6.92 Å². The highest BCUT2D eigenvalue weighted by atomic mass is 16.5. The molecule has 9 nitrogen and oxygen atoms in total. The molecule has 150 valence electrons. The third-order valence-corrected chi connectivity index (χ3v) is 5.48. The van der Waals surface area contributed by atoms with E-state index >= 15 is 0 Å². The molecule has 1 aromatic heterocycles. The molecule has 0 unspecified atom stereocenters. The van der Waals surface area contributed by atoms with Gasteiger partial charge in [0.05, 0.1) is 37.2 Å². The van der Waals surface area contributed by atoms with E-state index in [2.05, 4.69) is 10.1 Å². The lowest BCUT2D eigenvalue weighted by Crippen LogP contribution is -2.54. The number of aliphatic imine (C=N–C) groups is 1. The number of carbonyl (C=O) groups is 2. The van der Waals surface area contributed by atoms with Crippen LogP contribution in [0.5, 0.6) is 0 Å². The number of hydrogen-bond acceptors (Lipinski definition) is 5. The zero-order valence-corrected chi connectivity index (χ0v) is 16.2. The van der Waals surface area contributed by atoms with E-state index in [1.54, 1.807) is 20.7 Å². The maximum absolute atomic E-state index is 13.3. The van der Waals surface area contributed by atoms with Gasteiger partial charge < -0.3 is 9.64 Å². The molecule has 3 aliphatic heterocycles. The average Bonchev–Trinajstić information content (AvgIpc) is 3.39. The van der Waals surface area contributed by atoms with Gasteiger partial charge in [0.25, 0.3) is 0 Å². The summed E-state index contributed by atoms with van der Waals surface area (Å²) in [5, 5.41) is 4.53.